The van der Waals surface area contributed by atoms with Gasteiger partial charge in [-0.2, -0.15) is 0 Å². The molecule has 0 aliphatic rings. The van der Waals surface area contributed by atoms with E-state index in [2.05, 4.69) is 41.5 Å². The molecule has 0 amide bonds. The molecule has 0 fully saturated rings. The summed E-state index contributed by atoms with van der Waals surface area (Å²) < 4.78 is 0. The molecule has 0 aromatic heterocycles. The summed E-state index contributed by atoms with van der Waals surface area (Å²) in [5, 5.41) is 0. The van der Waals surface area contributed by atoms with Gasteiger partial charge in [0, 0.05) is 0 Å². The third-order valence-electron chi connectivity index (χ3n) is 4.82. The Morgan fingerprint density at radius 3 is 1.71 bits per heavy atom. The van der Waals surface area contributed by atoms with E-state index < -0.39 is 0 Å². The van der Waals surface area contributed by atoms with Crippen LogP contribution in [0.1, 0.15) is 86.5 Å². The second-order valence-corrected chi connectivity index (χ2v) is 6.49. The fraction of sp³-hybridized carbons (Fsp3) is 1.00. The van der Waals surface area contributed by atoms with Crippen LogP contribution in [0.15, 0.2) is 0 Å². The molecule has 0 spiro atoms. The minimum absolute atomic E-state index is 0.908. The normalized spacial score (nSPS) is 18.7. The zero-order valence-corrected chi connectivity index (χ0v) is 13.3. The zero-order valence-electron chi connectivity index (χ0n) is 13.3. The van der Waals surface area contributed by atoms with Gasteiger partial charge in [-0.15, -0.1) is 0 Å². The predicted molar refractivity (Wildman–Crippen MR) is 80.3 cm³/mol. The van der Waals surface area contributed by atoms with E-state index >= 15 is 0 Å². The predicted octanol–water partition coefficient (Wildman–Crippen LogP) is 6.30. The highest BCUT2D eigenvalue weighted by molar-refractivity contribution is 4.63. The average Bonchev–Trinajstić information content (AvgIpc) is 2.34. The van der Waals surface area contributed by atoms with Crippen LogP contribution < -0.4 is 0 Å². The van der Waals surface area contributed by atoms with Crippen LogP contribution in [0.2, 0.25) is 0 Å². The average molecular weight is 240 g/mol. The van der Waals surface area contributed by atoms with Crippen molar-refractivity contribution in [3.05, 3.63) is 0 Å². The van der Waals surface area contributed by atoms with Crippen molar-refractivity contribution in [2.24, 2.45) is 23.7 Å². The largest absolute Gasteiger partial charge is 0.0651 e. The lowest BCUT2D eigenvalue weighted by Gasteiger charge is -2.19. The maximum absolute atomic E-state index is 2.44. The topological polar surface area (TPSA) is 0 Å². The second-order valence-electron chi connectivity index (χ2n) is 6.49. The molecular formula is C17H36. The highest BCUT2D eigenvalue weighted by atomic mass is 14.2. The van der Waals surface area contributed by atoms with E-state index in [9.17, 15) is 0 Å². The first-order chi connectivity index (χ1) is 8.01. The van der Waals surface area contributed by atoms with Crippen LogP contribution in [-0.2, 0) is 0 Å². The van der Waals surface area contributed by atoms with Crippen LogP contribution in [0.25, 0.3) is 0 Å². The summed E-state index contributed by atoms with van der Waals surface area (Å²) >= 11 is 0. The molecule has 0 N–H and O–H groups in total. The number of hydrogen-bond donors (Lipinski definition) is 0. The van der Waals surface area contributed by atoms with Crippen molar-refractivity contribution >= 4 is 0 Å². The molecule has 104 valence electrons. The van der Waals surface area contributed by atoms with Gasteiger partial charge >= 0.3 is 0 Å². The minimum Gasteiger partial charge on any atom is -0.0651 e. The highest BCUT2D eigenvalue weighted by Gasteiger charge is 2.11. The van der Waals surface area contributed by atoms with E-state index in [-0.39, 0.29) is 0 Å². The van der Waals surface area contributed by atoms with Crippen LogP contribution in [-0.4, -0.2) is 0 Å². The van der Waals surface area contributed by atoms with Crippen molar-refractivity contribution in [1.82, 2.24) is 0 Å². The summed E-state index contributed by atoms with van der Waals surface area (Å²) in [4.78, 5) is 0. The molecule has 0 rings (SSSR count). The molecule has 0 aromatic rings. The first kappa shape index (κ1) is 17.0. The van der Waals surface area contributed by atoms with Gasteiger partial charge in [0.05, 0.1) is 0 Å². The van der Waals surface area contributed by atoms with Gasteiger partial charge in [-0.05, 0) is 23.7 Å². The zero-order chi connectivity index (χ0) is 13.3. The van der Waals surface area contributed by atoms with Gasteiger partial charge < -0.3 is 0 Å². The van der Waals surface area contributed by atoms with Crippen molar-refractivity contribution in [2.75, 3.05) is 0 Å². The van der Waals surface area contributed by atoms with Crippen molar-refractivity contribution < 1.29 is 0 Å². The monoisotopic (exact) mass is 240 g/mol. The third kappa shape index (κ3) is 8.69. The quantitative estimate of drug-likeness (QED) is 0.420. The maximum atomic E-state index is 2.44. The van der Waals surface area contributed by atoms with Gasteiger partial charge in [0.2, 0.25) is 0 Å². The van der Waals surface area contributed by atoms with Crippen molar-refractivity contribution in [2.45, 2.75) is 86.5 Å². The summed E-state index contributed by atoms with van der Waals surface area (Å²) in [6.07, 6.45) is 9.86. The van der Waals surface area contributed by atoms with E-state index in [4.69, 9.17) is 0 Å². The fourth-order valence-corrected chi connectivity index (χ4v) is 2.39. The summed E-state index contributed by atoms with van der Waals surface area (Å²) in [7, 11) is 0. The molecule has 0 heteroatoms. The Hall–Kier alpha value is 0. The minimum atomic E-state index is 0.908. The van der Waals surface area contributed by atoms with Crippen molar-refractivity contribution in [1.29, 1.82) is 0 Å². The van der Waals surface area contributed by atoms with Crippen LogP contribution in [0.4, 0.5) is 0 Å². The molecule has 17 heavy (non-hydrogen) atoms. The van der Waals surface area contributed by atoms with Crippen LogP contribution in [0, 0.1) is 23.7 Å². The Morgan fingerprint density at radius 1 is 0.588 bits per heavy atom. The molecule has 0 saturated heterocycles. The summed E-state index contributed by atoms with van der Waals surface area (Å²) in [6.45, 7) is 14.3. The number of rotatable bonds is 10. The molecular weight excluding hydrogens is 204 g/mol. The maximum Gasteiger partial charge on any atom is -0.0417 e. The van der Waals surface area contributed by atoms with Crippen LogP contribution >= 0.6 is 0 Å². The smallest absolute Gasteiger partial charge is 0.0417 e. The molecule has 0 heterocycles. The van der Waals surface area contributed by atoms with Gasteiger partial charge in [0.25, 0.3) is 0 Å². The van der Waals surface area contributed by atoms with Gasteiger partial charge in [0.15, 0.2) is 0 Å². The molecule has 0 aromatic carbocycles. The Balaban J connectivity index is 3.53. The van der Waals surface area contributed by atoms with Crippen LogP contribution in [0.5, 0.6) is 0 Å². The molecule has 0 aliphatic carbocycles. The molecule has 0 bridgehead atoms. The lowest BCUT2D eigenvalue weighted by molar-refractivity contribution is 0.324. The number of hydrogen-bond acceptors (Lipinski definition) is 0. The Labute approximate surface area is 111 Å². The van der Waals surface area contributed by atoms with Crippen molar-refractivity contribution in [3.63, 3.8) is 0 Å². The molecule has 4 unspecified atom stereocenters. The molecule has 0 radical (unpaired) electrons. The van der Waals surface area contributed by atoms with E-state index in [1.165, 1.54) is 44.9 Å². The lowest BCUT2D eigenvalue weighted by atomic mass is 9.87. The van der Waals surface area contributed by atoms with E-state index in [1.54, 1.807) is 0 Å². The van der Waals surface area contributed by atoms with Gasteiger partial charge in [-0.1, -0.05) is 86.5 Å². The lowest BCUT2D eigenvalue weighted by Crippen LogP contribution is -2.07. The second kappa shape index (κ2) is 9.97. The van der Waals surface area contributed by atoms with E-state index in [1.807, 2.05) is 0 Å². The SMILES string of the molecule is CCC(C)CCC(C)CCCC(C)C(C)CC. The van der Waals surface area contributed by atoms with Crippen molar-refractivity contribution in [3.8, 4) is 0 Å². The molecule has 0 saturated carbocycles. The van der Waals surface area contributed by atoms with E-state index in [0.29, 0.717) is 0 Å². The fourth-order valence-electron chi connectivity index (χ4n) is 2.39. The summed E-state index contributed by atoms with van der Waals surface area (Å²) in [5.74, 6) is 3.69. The first-order valence-corrected chi connectivity index (χ1v) is 8.01. The summed E-state index contributed by atoms with van der Waals surface area (Å²) in [6, 6.07) is 0. The molecule has 4 atom stereocenters. The Bertz CT molecular complexity index is 161. The highest BCUT2D eigenvalue weighted by Crippen LogP contribution is 2.24. The van der Waals surface area contributed by atoms with Gasteiger partial charge in [0.1, 0.15) is 0 Å². The Kier molecular flexibility index (Phi) is 9.97. The van der Waals surface area contributed by atoms with Gasteiger partial charge in [-0.3, -0.25) is 0 Å². The standard InChI is InChI=1S/C17H36/c1-7-14(3)12-13-15(4)10-9-11-17(6)16(5)8-2/h14-17H,7-13H2,1-6H3. The van der Waals surface area contributed by atoms with E-state index in [0.717, 1.165) is 23.7 Å². The molecule has 0 nitrogen and oxygen atoms in total. The first-order valence-electron chi connectivity index (χ1n) is 8.01. The molecule has 0 aliphatic heterocycles. The van der Waals surface area contributed by atoms with Gasteiger partial charge in [-0.25, -0.2) is 0 Å². The van der Waals surface area contributed by atoms with Crippen LogP contribution in [0.3, 0.4) is 0 Å². The Morgan fingerprint density at radius 2 is 1.18 bits per heavy atom. The summed E-state index contributed by atoms with van der Waals surface area (Å²) in [5.41, 5.74) is 0. The third-order valence-corrected chi connectivity index (χ3v) is 4.82.